The van der Waals surface area contributed by atoms with Crippen LogP contribution < -0.4 is 5.32 Å². The molecular weight excluding hydrogens is 467 g/mol. The molecule has 2 aromatic rings. The van der Waals surface area contributed by atoms with Crippen LogP contribution >= 0.6 is 0 Å². The summed E-state index contributed by atoms with van der Waals surface area (Å²) in [5.74, 6) is -1.03. The van der Waals surface area contributed by atoms with E-state index in [0.29, 0.717) is 12.0 Å². The number of alkyl halides is 3. The van der Waals surface area contributed by atoms with Gasteiger partial charge in [0.15, 0.2) is 0 Å². The molecule has 36 heavy (non-hydrogen) atoms. The monoisotopic (exact) mass is 503 g/mol. The summed E-state index contributed by atoms with van der Waals surface area (Å²) < 4.78 is 38.6. The number of hydrogen-bond donors (Lipinski definition) is 3. The highest BCUT2D eigenvalue weighted by atomic mass is 19.4. The SMILES string of the molecule is CCCCCc1cc(O)c(C/C=C(\C)CCC=C(C)C)c(O)c1C(=O)Nc1ccc(C(F)(F)F)cc1. The Morgan fingerprint density at radius 1 is 1.03 bits per heavy atom. The first-order valence-electron chi connectivity index (χ1n) is 12.3. The molecule has 0 saturated heterocycles. The van der Waals surface area contributed by atoms with Crippen LogP contribution in [0.4, 0.5) is 18.9 Å². The summed E-state index contributed by atoms with van der Waals surface area (Å²) in [7, 11) is 0. The van der Waals surface area contributed by atoms with Crippen molar-refractivity contribution in [3.05, 3.63) is 75.9 Å². The minimum atomic E-state index is -4.48. The zero-order valence-corrected chi connectivity index (χ0v) is 21.4. The average Bonchev–Trinajstić information content (AvgIpc) is 2.78. The third kappa shape index (κ3) is 8.47. The maximum atomic E-state index is 13.2. The summed E-state index contributed by atoms with van der Waals surface area (Å²) >= 11 is 0. The van der Waals surface area contributed by atoms with Crippen molar-refractivity contribution in [1.29, 1.82) is 0 Å². The van der Waals surface area contributed by atoms with E-state index in [1.807, 2.05) is 33.8 Å². The van der Waals surface area contributed by atoms with Crippen molar-refractivity contribution in [1.82, 2.24) is 0 Å². The van der Waals surface area contributed by atoms with E-state index in [1.54, 1.807) is 0 Å². The van der Waals surface area contributed by atoms with Crippen molar-refractivity contribution in [2.75, 3.05) is 5.32 Å². The van der Waals surface area contributed by atoms with E-state index < -0.39 is 17.6 Å². The molecule has 0 unspecified atom stereocenters. The topological polar surface area (TPSA) is 69.6 Å². The van der Waals surface area contributed by atoms with Gasteiger partial charge in [0.2, 0.25) is 0 Å². The molecule has 3 N–H and O–H groups in total. The molecule has 0 saturated carbocycles. The number of benzene rings is 2. The summed E-state index contributed by atoms with van der Waals surface area (Å²) in [5, 5.41) is 24.3. The Hall–Kier alpha value is -3.22. The predicted molar refractivity (Wildman–Crippen MR) is 139 cm³/mol. The number of allylic oxidation sites excluding steroid dienone is 4. The number of amides is 1. The fraction of sp³-hybridized carbons (Fsp3) is 0.414. The lowest BCUT2D eigenvalue weighted by Gasteiger charge is -2.17. The number of rotatable bonds is 11. The standard InChI is InChI=1S/C29H36F3NO3/c1-5-6-7-11-21-18-25(34)24(17-12-20(4)10-8-9-19(2)3)27(35)26(21)28(36)33-23-15-13-22(14-16-23)29(30,31)32/h9,12-16,18,34-35H,5-8,10-11,17H2,1-4H3,(H,33,36)/b20-12+. The highest BCUT2D eigenvalue weighted by Crippen LogP contribution is 2.36. The molecule has 0 aliphatic carbocycles. The number of carbonyl (C=O) groups excluding carboxylic acids is 1. The van der Waals surface area contributed by atoms with Gasteiger partial charge in [-0.3, -0.25) is 4.79 Å². The number of phenols is 2. The summed E-state index contributed by atoms with van der Waals surface area (Å²) in [6.07, 6.45) is 4.66. The van der Waals surface area contributed by atoms with E-state index in [2.05, 4.69) is 11.4 Å². The number of phenolic OH excluding ortho intramolecular Hbond substituents is 2. The molecule has 0 atom stereocenters. The van der Waals surface area contributed by atoms with Crippen LogP contribution in [0.5, 0.6) is 11.5 Å². The number of anilines is 1. The molecule has 0 aromatic heterocycles. The first-order chi connectivity index (χ1) is 16.9. The number of hydrogen-bond acceptors (Lipinski definition) is 3. The van der Waals surface area contributed by atoms with E-state index in [-0.39, 0.29) is 34.7 Å². The molecule has 2 rings (SSSR count). The fourth-order valence-corrected chi connectivity index (χ4v) is 3.87. The van der Waals surface area contributed by atoms with Crippen LogP contribution in [0, 0.1) is 0 Å². The van der Waals surface area contributed by atoms with E-state index in [1.165, 1.54) is 23.8 Å². The number of aromatic hydroxyl groups is 2. The second kappa shape index (κ2) is 13.2. The highest BCUT2D eigenvalue weighted by molar-refractivity contribution is 6.07. The lowest BCUT2D eigenvalue weighted by Crippen LogP contribution is -2.16. The van der Waals surface area contributed by atoms with Crippen LogP contribution in [0.25, 0.3) is 0 Å². The van der Waals surface area contributed by atoms with Crippen LogP contribution in [0.2, 0.25) is 0 Å². The summed E-state index contributed by atoms with van der Waals surface area (Å²) in [6, 6.07) is 5.65. The Bertz CT molecular complexity index is 1100. The molecule has 4 nitrogen and oxygen atoms in total. The van der Waals surface area contributed by atoms with Gasteiger partial charge < -0.3 is 15.5 Å². The normalized spacial score (nSPS) is 11.9. The van der Waals surface area contributed by atoms with Crippen LogP contribution in [-0.2, 0) is 19.0 Å². The van der Waals surface area contributed by atoms with Gasteiger partial charge in [0.1, 0.15) is 11.5 Å². The summed E-state index contributed by atoms with van der Waals surface area (Å²) in [5.41, 5.74) is 2.46. The molecule has 7 heteroatoms. The van der Waals surface area contributed by atoms with Crippen LogP contribution in [0.3, 0.4) is 0 Å². The van der Waals surface area contributed by atoms with Crippen molar-refractivity contribution in [3.63, 3.8) is 0 Å². The van der Waals surface area contributed by atoms with Crippen LogP contribution in [-0.4, -0.2) is 16.1 Å². The molecule has 0 heterocycles. The summed E-state index contributed by atoms with van der Waals surface area (Å²) in [6.45, 7) is 8.09. The lowest BCUT2D eigenvalue weighted by molar-refractivity contribution is -0.137. The third-order valence-corrected chi connectivity index (χ3v) is 5.96. The zero-order chi connectivity index (χ0) is 26.9. The molecule has 196 valence electrons. The number of halogens is 3. The second-order valence-electron chi connectivity index (χ2n) is 9.32. The Kier molecular flexibility index (Phi) is 10.6. The maximum absolute atomic E-state index is 13.2. The minimum Gasteiger partial charge on any atom is -0.508 e. The van der Waals surface area contributed by atoms with Crippen molar-refractivity contribution in [3.8, 4) is 11.5 Å². The van der Waals surface area contributed by atoms with E-state index in [9.17, 15) is 28.2 Å². The molecule has 0 bridgehead atoms. The predicted octanol–water partition coefficient (Wildman–Crippen LogP) is 8.34. The Morgan fingerprint density at radius 2 is 1.69 bits per heavy atom. The quantitative estimate of drug-likeness (QED) is 0.213. The van der Waals surface area contributed by atoms with Gasteiger partial charge in [-0.15, -0.1) is 0 Å². The van der Waals surface area contributed by atoms with Crippen LogP contribution in [0.15, 0.2) is 53.6 Å². The summed E-state index contributed by atoms with van der Waals surface area (Å²) in [4.78, 5) is 13.2. The van der Waals surface area contributed by atoms with Crippen molar-refractivity contribution in [2.45, 2.75) is 78.8 Å². The molecule has 2 aromatic carbocycles. The molecule has 0 aliphatic rings. The number of aryl methyl sites for hydroxylation is 1. The lowest BCUT2D eigenvalue weighted by atomic mass is 9.94. The first-order valence-corrected chi connectivity index (χ1v) is 12.3. The van der Waals surface area contributed by atoms with Gasteiger partial charge in [-0.1, -0.05) is 43.1 Å². The molecule has 0 aliphatic heterocycles. The van der Waals surface area contributed by atoms with Gasteiger partial charge in [0, 0.05) is 11.3 Å². The van der Waals surface area contributed by atoms with Crippen molar-refractivity contribution in [2.24, 2.45) is 0 Å². The largest absolute Gasteiger partial charge is 0.508 e. The average molecular weight is 504 g/mol. The first kappa shape index (κ1) is 29.0. The minimum absolute atomic E-state index is 0.0365. The second-order valence-corrected chi connectivity index (χ2v) is 9.32. The van der Waals surface area contributed by atoms with Crippen molar-refractivity contribution >= 4 is 11.6 Å². The van der Waals surface area contributed by atoms with Crippen LogP contribution in [0.1, 0.15) is 86.8 Å². The Morgan fingerprint density at radius 3 is 2.28 bits per heavy atom. The van der Waals surface area contributed by atoms with Gasteiger partial charge in [-0.25, -0.2) is 0 Å². The van der Waals surface area contributed by atoms with E-state index in [0.717, 1.165) is 49.8 Å². The third-order valence-electron chi connectivity index (χ3n) is 5.96. The number of carbonyl (C=O) groups is 1. The van der Waals surface area contributed by atoms with Gasteiger partial charge in [0.05, 0.1) is 11.1 Å². The maximum Gasteiger partial charge on any atom is 0.416 e. The number of nitrogens with one attached hydrogen (secondary N) is 1. The van der Waals surface area contributed by atoms with E-state index in [4.69, 9.17) is 0 Å². The molecule has 0 spiro atoms. The molecule has 0 radical (unpaired) electrons. The number of unbranched alkanes of at least 4 members (excludes halogenated alkanes) is 2. The molecular formula is C29H36F3NO3. The van der Waals surface area contributed by atoms with Gasteiger partial charge in [-0.2, -0.15) is 13.2 Å². The van der Waals surface area contributed by atoms with Gasteiger partial charge in [-0.05, 0) is 88.8 Å². The molecule has 0 fully saturated rings. The molecule has 1 amide bonds. The zero-order valence-electron chi connectivity index (χ0n) is 21.4. The van der Waals surface area contributed by atoms with Crippen molar-refractivity contribution < 1.29 is 28.2 Å². The smallest absolute Gasteiger partial charge is 0.416 e. The van der Waals surface area contributed by atoms with E-state index >= 15 is 0 Å². The highest BCUT2D eigenvalue weighted by Gasteiger charge is 2.30. The Balaban J connectivity index is 2.35. The van der Waals surface area contributed by atoms with Gasteiger partial charge in [0.25, 0.3) is 5.91 Å². The Labute approximate surface area is 211 Å². The van der Waals surface area contributed by atoms with Gasteiger partial charge >= 0.3 is 6.18 Å². The fourth-order valence-electron chi connectivity index (χ4n) is 3.87.